The fourth-order valence-corrected chi connectivity index (χ4v) is 3.47. The Kier molecular flexibility index (Phi) is 5.50. The molecular formula is C23H19ClN4O2. The number of halogens is 1. The Hall–Kier alpha value is -3.64. The summed E-state index contributed by atoms with van der Waals surface area (Å²) in [4.78, 5) is 31.8. The molecule has 1 aliphatic heterocycles. The molecule has 6 nitrogen and oxygen atoms in total. The number of hydrogen-bond donors (Lipinski definition) is 2. The van der Waals surface area contributed by atoms with Crippen molar-refractivity contribution in [3.05, 3.63) is 95.0 Å². The number of benzene rings is 3. The molecule has 2 N–H and O–H groups in total. The molecule has 7 heteroatoms. The third kappa shape index (κ3) is 3.90. The molecule has 1 unspecified atom stereocenters. The molecule has 3 aromatic rings. The molecule has 1 aliphatic rings. The molecule has 1 heterocycles. The van der Waals surface area contributed by atoms with Crippen molar-refractivity contribution in [1.82, 2.24) is 5.32 Å². The van der Waals surface area contributed by atoms with Gasteiger partial charge in [-0.25, -0.2) is 9.79 Å². The van der Waals surface area contributed by atoms with Crippen molar-refractivity contribution < 1.29 is 9.59 Å². The standard InChI is InChI=1S/C23H19ClN4O2/c1-28-19-14-8-5-11-16(19)20(15-9-3-2-4-10-15)26-21(22(28)29)27-23(30)25-18-13-7-6-12-17(18)24/h2-14,21H,1H3,(H2,25,27,30). The van der Waals surface area contributed by atoms with E-state index >= 15 is 0 Å². The first-order chi connectivity index (χ1) is 14.5. The summed E-state index contributed by atoms with van der Waals surface area (Å²) in [6.07, 6.45) is -1.10. The lowest BCUT2D eigenvalue weighted by Crippen LogP contribution is -2.47. The minimum atomic E-state index is -1.10. The summed E-state index contributed by atoms with van der Waals surface area (Å²) in [5, 5.41) is 5.73. The predicted octanol–water partition coefficient (Wildman–Crippen LogP) is 4.30. The summed E-state index contributed by atoms with van der Waals surface area (Å²) in [5.74, 6) is -0.345. The predicted molar refractivity (Wildman–Crippen MR) is 119 cm³/mol. The van der Waals surface area contributed by atoms with E-state index in [0.29, 0.717) is 16.4 Å². The van der Waals surface area contributed by atoms with E-state index in [2.05, 4.69) is 15.6 Å². The van der Waals surface area contributed by atoms with E-state index in [9.17, 15) is 9.59 Å². The number of amides is 3. The van der Waals surface area contributed by atoms with Crippen molar-refractivity contribution in [2.75, 3.05) is 17.3 Å². The summed E-state index contributed by atoms with van der Waals surface area (Å²) >= 11 is 6.11. The highest BCUT2D eigenvalue weighted by atomic mass is 35.5. The second kappa shape index (κ2) is 8.39. The summed E-state index contributed by atoms with van der Waals surface area (Å²) < 4.78 is 0. The van der Waals surface area contributed by atoms with Gasteiger partial charge in [0.05, 0.1) is 22.1 Å². The maximum absolute atomic E-state index is 13.1. The maximum atomic E-state index is 13.1. The first-order valence-electron chi connectivity index (χ1n) is 9.37. The minimum Gasteiger partial charge on any atom is -0.311 e. The van der Waals surface area contributed by atoms with Crippen LogP contribution in [0.4, 0.5) is 16.2 Å². The number of nitrogens with one attached hydrogen (secondary N) is 2. The number of fused-ring (bicyclic) bond motifs is 1. The molecule has 0 saturated carbocycles. The number of para-hydroxylation sites is 2. The second-order valence-electron chi connectivity index (χ2n) is 6.74. The van der Waals surface area contributed by atoms with Crippen LogP contribution < -0.4 is 15.5 Å². The van der Waals surface area contributed by atoms with E-state index in [1.165, 1.54) is 4.90 Å². The fraction of sp³-hybridized carbons (Fsp3) is 0.0870. The summed E-state index contributed by atoms with van der Waals surface area (Å²) in [6, 6.07) is 23.4. The normalized spacial score (nSPS) is 15.7. The van der Waals surface area contributed by atoms with Crippen molar-refractivity contribution in [3.8, 4) is 0 Å². The lowest BCUT2D eigenvalue weighted by atomic mass is 10.0. The van der Waals surface area contributed by atoms with Crippen molar-refractivity contribution in [2.24, 2.45) is 4.99 Å². The molecule has 0 radical (unpaired) electrons. The highest BCUT2D eigenvalue weighted by molar-refractivity contribution is 6.33. The van der Waals surface area contributed by atoms with Crippen LogP contribution in [0.25, 0.3) is 0 Å². The van der Waals surface area contributed by atoms with Crippen LogP contribution in [0.5, 0.6) is 0 Å². The number of anilines is 2. The van der Waals surface area contributed by atoms with Crippen LogP contribution in [0.15, 0.2) is 83.9 Å². The second-order valence-corrected chi connectivity index (χ2v) is 7.15. The van der Waals surface area contributed by atoms with Crippen molar-refractivity contribution >= 4 is 40.6 Å². The summed E-state index contributed by atoms with van der Waals surface area (Å²) in [5.41, 5.74) is 3.47. The Morgan fingerprint density at radius 2 is 1.63 bits per heavy atom. The molecule has 0 aliphatic carbocycles. The highest BCUT2D eigenvalue weighted by Crippen LogP contribution is 2.27. The zero-order valence-corrected chi connectivity index (χ0v) is 16.9. The molecule has 3 amide bonds. The molecule has 0 spiro atoms. The van der Waals surface area contributed by atoms with Crippen LogP contribution in [0.2, 0.25) is 5.02 Å². The van der Waals surface area contributed by atoms with Crippen molar-refractivity contribution in [1.29, 1.82) is 0 Å². The first-order valence-corrected chi connectivity index (χ1v) is 9.74. The van der Waals surface area contributed by atoms with Crippen LogP contribution in [-0.4, -0.2) is 30.9 Å². The quantitative estimate of drug-likeness (QED) is 0.665. The van der Waals surface area contributed by atoms with Gasteiger partial charge in [0.25, 0.3) is 5.91 Å². The Bertz CT molecular complexity index is 1130. The van der Waals surface area contributed by atoms with Gasteiger partial charge in [-0.15, -0.1) is 0 Å². The third-order valence-electron chi connectivity index (χ3n) is 4.78. The number of nitrogens with zero attached hydrogens (tertiary/aromatic N) is 2. The number of rotatable bonds is 3. The van der Waals surface area contributed by atoms with Crippen LogP contribution in [-0.2, 0) is 4.79 Å². The Balaban J connectivity index is 1.70. The fourth-order valence-electron chi connectivity index (χ4n) is 3.29. The van der Waals surface area contributed by atoms with Gasteiger partial charge in [-0.1, -0.05) is 72.3 Å². The molecular weight excluding hydrogens is 400 g/mol. The van der Waals surface area contributed by atoms with E-state index in [1.807, 2.05) is 54.6 Å². The van der Waals surface area contributed by atoms with Gasteiger partial charge in [-0.05, 0) is 18.2 Å². The van der Waals surface area contributed by atoms with Gasteiger partial charge < -0.3 is 15.5 Å². The largest absolute Gasteiger partial charge is 0.321 e. The van der Waals surface area contributed by atoms with Gasteiger partial charge in [0.1, 0.15) is 0 Å². The van der Waals surface area contributed by atoms with Gasteiger partial charge in [-0.3, -0.25) is 4.79 Å². The molecule has 4 rings (SSSR count). The summed E-state index contributed by atoms with van der Waals surface area (Å²) in [7, 11) is 1.67. The van der Waals surface area contributed by atoms with Crippen molar-refractivity contribution in [3.63, 3.8) is 0 Å². The number of hydrogen-bond acceptors (Lipinski definition) is 3. The van der Waals surface area contributed by atoms with Crippen LogP contribution in [0, 0.1) is 0 Å². The molecule has 0 saturated heterocycles. The number of carbonyl (C=O) groups is 2. The Labute approximate surface area is 179 Å². The number of likely N-dealkylation sites (N-methyl/N-ethyl adjacent to an activating group) is 1. The van der Waals surface area contributed by atoms with Gasteiger partial charge >= 0.3 is 6.03 Å². The van der Waals surface area contributed by atoms with E-state index in [4.69, 9.17) is 11.6 Å². The first kappa shape index (κ1) is 19.7. The molecule has 0 bridgehead atoms. The summed E-state index contributed by atoms with van der Waals surface area (Å²) in [6.45, 7) is 0. The molecule has 0 fully saturated rings. The number of benzodiazepines with no additional fused rings is 1. The molecule has 150 valence electrons. The lowest BCUT2D eigenvalue weighted by molar-refractivity contribution is -0.119. The average molecular weight is 419 g/mol. The Morgan fingerprint density at radius 3 is 2.40 bits per heavy atom. The van der Waals surface area contributed by atoms with Crippen LogP contribution in [0.3, 0.4) is 0 Å². The smallest absolute Gasteiger partial charge is 0.311 e. The average Bonchev–Trinajstić information content (AvgIpc) is 2.87. The topological polar surface area (TPSA) is 73.8 Å². The van der Waals surface area contributed by atoms with Crippen molar-refractivity contribution in [2.45, 2.75) is 6.17 Å². The highest BCUT2D eigenvalue weighted by Gasteiger charge is 2.31. The number of carbonyl (C=O) groups excluding carboxylic acids is 2. The molecule has 30 heavy (non-hydrogen) atoms. The zero-order valence-electron chi connectivity index (χ0n) is 16.2. The number of aliphatic imine (C=N–C) groups is 1. The van der Waals surface area contributed by atoms with Gasteiger partial charge in [-0.2, -0.15) is 0 Å². The SMILES string of the molecule is CN1C(=O)C(NC(=O)Nc2ccccc2Cl)N=C(c2ccccc2)c2ccccc21. The van der Waals surface area contributed by atoms with Crippen LogP contribution >= 0.6 is 11.6 Å². The third-order valence-corrected chi connectivity index (χ3v) is 5.11. The zero-order chi connectivity index (χ0) is 21.1. The van der Waals surface area contributed by atoms with E-state index in [0.717, 1.165) is 16.8 Å². The van der Waals surface area contributed by atoms with Gasteiger partial charge in [0.15, 0.2) is 0 Å². The molecule has 0 aromatic heterocycles. The molecule has 3 aromatic carbocycles. The van der Waals surface area contributed by atoms with E-state index in [-0.39, 0.29) is 5.91 Å². The lowest BCUT2D eigenvalue weighted by Gasteiger charge is -2.21. The number of urea groups is 1. The monoisotopic (exact) mass is 418 g/mol. The van der Waals surface area contributed by atoms with E-state index in [1.54, 1.807) is 31.3 Å². The van der Waals surface area contributed by atoms with Gasteiger partial charge in [0, 0.05) is 18.2 Å². The van der Waals surface area contributed by atoms with Gasteiger partial charge in [0.2, 0.25) is 6.17 Å². The Morgan fingerprint density at radius 1 is 0.967 bits per heavy atom. The maximum Gasteiger partial charge on any atom is 0.321 e. The molecule has 1 atom stereocenters. The van der Waals surface area contributed by atoms with Crippen LogP contribution in [0.1, 0.15) is 11.1 Å². The van der Waals surface area contributed by atoms with E-state index < -0.39 is 12.2 Å². The minimum absolute atomic E-state index is 0.345.